The van der Waals surface area contributed by atoms with Gasteiger partial charge in [0.15, 0.2) is 0 Å². The quantitative estimate of drug-likeness (QED) is 0.926. The number of anilines is 1. The number of nitrogens with zero attached hydrogens (tertiary/aromatic N) is 3. The van der Waals surface area contributed by atoms with E-state index in [-0.39, 0.29) is 0 Å². The van der Waals surface area contributed by atoms with Gasteiger partial charge in [-0.25, -0.2) is 14.8 Å². The third kappa shape index (κ3) is 2.52. The number of hydrogen-bond acceptors (Lipinski definition) is 5. The minimum absolute atomic E-state index is 0.396. The molecular weight excluding hydrogens is 270 g/mol. The zero-order valence-corrected chi connectivity index (χ0v) is 11.6. The van der Waals surface area contributed by atoms with Crippen LogP contribution in [0.4, 0.5) is 5.82 Å². The molecule has 0 saturated carbocycles. The fourth-order valence-electron chi connectivity index (χ4n) is 2.62. The maximum Gasteiger partial charge on any atom is 0.335 e. The Morgan fingerprint density at radius 1 is 1.38 bits per heavy atom. The monoisotopic (exact) mass is 285 g/mol. The number of benzene rings is 1. The normalized spacial score (nSPS) is 13.7. The predicted molar refractivity (Wildman–Crippen MR) is 76.7 cm³/mol. The molecule has 6 heteroatoms. The van der Waals surface area contributed by atoms with Crippen molar-refractivity contribution in [1.82, 2.24) is 9.97 Å². The number of carbonyl (C=O) groups is 1. The fourth-order valence-corrected chi connectivity index (χ4v) is 2.62. The molecule has 6 nitrogen and oxygen atoms in total. The largest absolute Gasteiger partial charge is 0.481 e. The van der Waals surface area contributed by atoms with Gasteiger partial charge in [-0.2, -0.15) is 0 Å². The molecule has 21 heavy (non-hydrogen) atoms. The van der Waals surface area contributed by atoms with E-state index in [0.29, 0.717) is 24.4 Å². The van der Waals surface area contributed by atoms with Gasteiger partial charge >= 0.3 is 5.97 Å². The molecule has 1 aromatic carbocycles. The highest BCUT2D eigenvalue weighted by atomic mass is 16.5. The molecule has 108 valence electrons. The van der Waals surface area contributed by atoms with Gasteiger partial charge in [-0.15, -0.1) is 0 Å². The Bertz CT molecular complexity index is 688. The second kappa shape index (κ2) is 5.40. The Morgan fingerprint density at radius 3 is 3.00 bits per heavy atom. The standard InChI is InChI=1S/C15H15N3O3/c1-21-14-7-13(16-9-17-14)18-6-5-11-10(8-18)3-2-4-12(11)15(19)20/h2-4,7,9H,5-6,8H2,1H3,(H,19,20). The molecule has 2 heterocycles. The van der Waals surface area contributed by atoms with Gasteiger partial charge in [0.1, 0.15) is 12.1 Å². The van der Waals surface area contributed by atoms with Gasteiger partial charge in [0.05, 0.1) is 12.7 Å². The summed E-state index contributed by atoms with van der Waals surface area (Å²) in [7, 11) is 1.57. The lowest BCUT2D eigenvalue weighted by Gasteiger charge is -2.30. The topological polar surface area (TPSA) is 75.5 Å². The van der Waals surface area contributed by atoms with Crippen molar-refractivity contribution in [2.45, 2.75) is 13.0 Å². The van der Waals surface area contributed by atoms with Crippen LogP contribution in [0.1, 0.15) is 21.5 Å². The molecule has 0 unspecified atom stereocenters. The van der Waals surface area contributed by atoms with Gasteiger partial charge in [-0.1, -0.05) is 12.1 Å². The van der Waals surface area contributed by atoms with Crippen LogP contribution in [0, 0.1) is 0 Å². The summed E-state index contributed by atoms with van der Waals surface area (Å²) < 4.78 is 5.11. The minimum Gasteiger partial charge on any atom is -0.481 e. The molecule has 0 fully saturated rings. The first-order valence-corrected chi connectivity index (χ1v) is 6.64. The molecule has 2 aromatic rings. The second-order valence-corrected chi connectivity index (χ2v) is 4.84. The van der Waals surface area contributed by atoms with Crippen LogP contribution in [0.25, 0.3) is 0 Å². The first kappa shape index (κ1) is 13.4. The number of carboxylic acids is 1. The molecule has 0 bridgehead atoms. The number of hydrogen-bond donors (Lipinski definition) is 1. The molecule has 1 aliphatic heterocycles. The van der Waals surface area contributed by atoms with E-state index >= 15 is 0 Å². The van der Waals surface area contributed by atoms with Crippen molar-refractivity contribution in [3.05, 3.63) is 47.3 Å². The predicted octanol–water partition coefficient (Wildman–Crippen LogP) is 1.75. The van der Waals surface area contributed by atoms with Crippen LogP contribution in [0.3, 0.4) is 0 Å². The smallest absolute Gasteiger partial charge is 0.335 e. The van der Waals surface area contributed by atoms with Crippen LogP contribution in [-0.4, -0.2) is 34.7 Å². The zero-order valence-electron chi connectivity index (χ0n) is 11.6. The lowest BCUT2D eigenvalue weighted by Crippen LogP contribution is -2.32. The Labute approximate surface area is 122 Å². The Hall–Kier alpha value is -2.63. The van der Waals surface area contributed by atoms with E-state index < -0.39 is 5.97 Å². The van der Waals surface area contributed by atoms with Crippen molar-refractivity contribution in [3.8, 4) is 5.88 Å². The van der Waals surface area contributed by atoms with Gasteiger partial charge in [0, 0.05) is 19.2 Å². The molecule has 1 aromatic heterocycles. The molecule has 1 aliphatic rings. The number of methoxy groups -OCH3 is 1. The van der Waals surface area contributed by atoms with Gasteiger partial charge in [0.2, 0.25) is 5.88 Å². The molecule has 3 rings (SSSR count). The van der Waals surface area contributed by atoms with Crippen LogP contribution in [0.2, 0.25) is 0 Å². The molecule has 1 N–H and O–H groups in total. The van der Waals surface area contributed by atoms with Crippen molar-refractivity contribution >= 4 is 11.8 Å². The summed E-state index contributed by atoms with van der Waals surface area (Å²) >= 11 is 0. The molecule has 0 amide bonds. The number of carboxylic acid groups (broad SMARTS) is 1. The van der Waals surface area contributed by atoms with Crippen LogP contribution in [0.5, 0.6) is 5.88 Å². The van der Waals surface area contributed by atoms with Gasteiger partial charge in [-0.05, 0) is 23.6 Å². The highest BCUT2D eigenvalue weighted by Crippen LogP contribution is 2.26. The molecule has 0 atom stereocenters. The third-order valence-corrected chi connectivity index (χ3v) is 3.66. The number of fused-ring (bicyclic) bond motifs is 1. The number of ether oxygens (including phenoxy) is 1. The summed E-state index contributed by atoms with van der Waals surface area (Å²) in [4.78, 5) is 21.6. The van der Waals surface area contributed by atoms with Crippen molar-refractivity contribution in [2.75, 3.05) is 18.6 Å². The molecule has 0 spiro atoms. The van der Waals surface area contributed by atoms with Crippen LogP contribution in [-0.2, 0) is 13.0 Å². The first-order chi connectivity index (χ1) is 10.2. The van der Waals surface area contributed by atoms with Crippen molar-refractivity contribution in [3.63, 3.8) is 0 Å². The van der Waals surface area contributed by atoms with Gasteiger partial charge in [-0.3, -0.25) is 0 Å². The number of rotatable bonds is 3. The fraction of sp³-hybridized carbons (Fsp3) is 0.267. The highest BCUT2D eigenvalue weighted by Gasteiger charge is 2.22. The van der Waals surface area contributed by atoms with E-state index in [1.807, 2.05) is 6.07 Å². The maximum absolute atomic E-state index is 11.3. The van der Waals surface area contributed by atoms with E-state index in [1.54, 1.807) is 25.3 Å². The van der Waals surface area contributed by atoms with Crippen molar-refractivity contribution in [1.29, 1.82) is 0 Å². The minimum atomic E-state index is -0.871. The summed E-state index contributed by atoms with van der Waals surface area (Å²) in [5, 5.41) is 9.24. The summed E-state index contributed by atoms with van der Waals surface area (Å²) in [5.74, 6) is 0.433. The van der Waals surface area contributed by atoms with Gasteiger partial charge < -0.3 is 14.7 Å². The van der Waals surface area contributed by atoms with Crippen molar-refractivity contribution < 1.29 is 14.6 Å². The lowest BCUT2D eigenvalue weighted by molar-refractivity contribution is 0.0695. The zero-order chi connectivity index (χ0) is 14.8. The van der Waals surface area contributed by atoms with E-state index in [0.717, 1.165) is 23.5 Å². The summed E-state index contributed by atoms with van der Waals surface area (Å²) in [5.41, 5.74) is 2.34. The summed E-state index contributed by atoms with van der Waals surface area (Å²) in [6, 6.07) is 7.19. The van der Waals surface area contributed by atoms with E-state index in [2.05, 4.69) is 14.9 Å². The Kier molecular flexibility index (Phi) is 3.43. The van der Waals surface area contributed by atoms with Crippen LogP contribution in [0.15, 0.2) is 30.6 Å². The van der Waals surface area contributed by atoms with E-state index in [1.165, 1.54) is 6.33 Å². The molecule has 0 aliphatic carbocycles. The lowest BCUT2D eigenvalue weighted by atomic mass is 9.94. The summed E-state index contributed by atoms with van der Waals surface area (Å²) in [6.07, 6.45) is 2.15. The van der Waals surface area contributed by atoms with E-state index in [9.17, 15) is 9.90 Å². The number of aromatic nitrogens is 2. The van der Waals surface area contributed by atoms with Crippen molar-refractivity contribution in [2.24, 2.45) is 0 Å². The second-order valence-electron chi connectivity index (χ2n) is 4.84. The Morgan fingerprint density at radius 2 is 2.24 bits per heavy atom. The van der Waals surface area contributed by atoms with Crippen LogP contribution >= 0.6 is 0 Å². The number of aromatic carboxylic acids is 1. The first-order valence-electron chi connectivity index (χ1n) is 6.64. The maximum atomic E-state index is 11.3. The van der Waals surface area contributed by atoms with Crippen LogP contribution < -0.4 is 9.64 Å². The van der Waals surface area contributed by atoms with Gasteiger partial charge in [0.25, 0.3) is 0 Å². The van der Waals surface area contributed by atoms with E-state index in [4.69, 9.17) is 4.74 Å². The molecule has 0 radical (unpaired) electrons. The third-order valence-electron chi connectivity index (χ3n) is 3.66. The summed E-state index contributed by atoms with van der Waals surface area (Å²) in [6.45, 7) is 1.36. The average molecular weight is 285 g/mol. The SMILES string of the molecule is COc1cc(N2CCc3c(cccc3C(=O)O)C2)ncn1. The Balaban J connectivity index is 1.91. The average Bonchev–Trinajstić information content (AvgIpc) is 2.53. The molecule has 0 saturated heterocycles. The molecular formula is C15H15N3O3. The highest BCUT2D eigenvalue weighted by molar-refractivity contribution is 5.90.